The first kappa shape index (κ1) is 7.15. The Bertz CT molecular complexity index is 355. The average Bonchev–Trinajstić information content (AvgIpc) is 1.82. The highest BCUT2D eigenvalue weighted by Gasteiger charge is 1.98. The largest absolute Gasteiger partial charge is 0.325 e. The van der Waals surface area contributed by atoms with E-state index in [1.165, 1.54) is 0 Å². The number of hydrogen-bond donors (Lipinski definition) is 2. The first-order valence-electron chi connectivity index (χ1n) is 2.39. The first-order valence-corrected chi connectivity index (χ1v) is 2.76. The van der Waals surface area contributed by atoms with E-state index in [2.05, 4.69) is 4.98 Å². The average molecular weight is 156 g/mol. The minimum Gasteiger partial charge on any atom is -0.320 e. The summed E-state index contributed by atoms with van der Waals surface area (Å²) in [5.41, 5.74) is -1.45. The summed E-state index contributed by atoms with van der Waals surface area (Å²) in [6.07, 6.45) is 0. The minimum absolute atomic E-state index is 0.115. The van der Waals surface area contributed by atoms with Crippen molar-refractivity contribution in [1.82, 2.24) is 9.97 Å². The van der Waals surface area contributed by atoms with Crippen LogP contribution in [0.2, 0.25) is 5.02 Å². The van der Waals surface area contributed by atoms with Gasteiger partial charge in [0.15, 0.2) is 0 Å². The molecular formula is C4H2BClN2O2. The lowest BCUT2D eigenvalue weighted by Crippen LogP contribution is -2.32. The molecule has 2 radical (unpaired) electrons. The summed E-state index contributed by atoms with van der Waals surface area (Å²) in [4.78, 5) is 25.0. The van der Waals surface area contributed by atoms with Gasteiger partial charge >= 0.3 is 5.69 Å². The van der Waals surface area contributed by atoms with Crippen molar-refractivity contribution in [3.63, 3.8) is 0 Å². The highest BCUT2D eigenvalue weighted by Crippen LogP contribution is 1.87. The van der Waals surface area contributed by atoms with Crippen LogP contribution in [0, 0.1) is 0 Å². The van der Waals surface area contributed by atoms with Crippen LogP contribution in [-0.4, -0.2) is 17.8 Å². The molecule has 1 aromatic rings. The molecule has 0 amide bonds. The topological polar surface area (TPSA) is 65.7 Å². The summed E-state index contributed by atoms with van der Waals surface area (Å²) in [5, 5.41) is -0.195. The van der Waals surface area contributed by atoms with E-state index < -0.39 is 11.2 Å². The van der Waals surface area contributed by atoms with Crippen molar-refractivity contribution in [2.45, 2.75) is 0 Å². The van der Waals surface area contributed by atoms with Gasteiger partial charge in [-0.3, -0.25) is 9.78 Å². The zero-order valence-electron chi connectivity index (χ0n) is 4.77. The van der Waals surface area contributed by atoms with Crippen LogP contribution in [0.25, 0.3) is 0 Å². The zero-order chi connectivity index (χ0) is 7.72. The van der Waals surface area contributed by atoms with Gasteiger partial charge < -0.3 is 4.98 Å². The summed E-state index contributed by atoms with van der Waals surface area (Å²) >= 11 is 5.31. The first-order chi connectivity index (χ1) is 4.61. The Labute approximate surface area is 61.6 Å². The number of aromatic amines is 2. The monoisotopic (exact) mass is 156 g/mol. The molecule has 0 saturated carbocycles. The molecule has 0 bridgehead atoms. The standard InChI is InChI=1S/C4H2BClN2O2/c5-2-1(6)3(9)8-4(10)7-2/h(H2,7,8,9,10). The maximum absolute atomic E-state index is 10.6. The van der Waals surface area contributed by atoms with Crippen molar-refractivity contribution in [2.24, 2.45) is 0 Å². The fourth-order valence-electron chi connectivity index (χ4n) is 0.489. The smallest absolute Gasteiger partial charge is 0.320 e. The molecule has 2 N–H and O–H groups in total. The molecule has 1 heterocycles. The number of H-pyrrole nitrogens is 2. The van der Waals surface area contributed by atoms with Gasteiger partial charge in [0, 0.05) is 0 Å². The van der Waals surface area contributed by atoms with Gasteiger partial charge in [0.2, 0.25) is 0 Å². The van der Waals surface area contributed by atoms with Crippen molar-refractivity contribution in [3.05, 3.63) is 25.9 Å². The Morgan fingerprint density at radius 3 is 2.40 bits per heavy atom. The van der Waals surface area contributed by atoms with Gasteiger partial charge in [-0.15, -0.1) is 0 Å². The van der Waals surface area contributed by atoms with Crippen molar-refractivity contribution < 1.29 is 0 Å². The van der Waals surface area contributed by atoms with Gasteiger partial charge in [-0.1, -0.05) is 11.6 Å². The maximum atomic E-state index is 10.6. The van der Waals surface area contributed by atoms with E-state index in [0.717, 1.165) is 0 Å². The molecule has 0 aromatic carbocycles. The Balaban J connectivity index is 3.62. The molecule has 4 nitrogen and oxygen atoms in total. The van der Waals surface area contributed by atoms with E-state index in [-0.39, 0.29) is 10.6 Å². The summed E-state index contributed by atoms with van der Waals surface area (Å²) in [5.74, 6) is 0. The normalized spacial score (nSPS) is 9.70. The predicted molar refractivity (Wildman–Crippen MR) is 38.1 cm³/mol. The van der Waals surface area contributed by atoms with Crippen molar-refractivity contribution in [3.8, 4) is 0 Å². The molecule has 1 rings (SSSR count). The lowest BCUT2D eigenvalue weighted by atomic mass is 10.1. The van der Waals surface area contributed by atoms with E-state index in [1.54, 1.807) is 0 Å². The van der Waals surface area contributed by atoms with Gasteiger partial charge in [0.1, 0.15) is 12.9 Å². The molecule has 10 heavy (non-hydrogen) atoms. The third-order valence-corrected chi connectivity index (χ3v) is 1.29. The molecular weight excluding hydrogens is 154 g/mol. The minimum atomic E-state index is -0.678. The summed E-state index contributed by atoms with van der Waals surface area (Å²) < 4.78 is 0. The van der Waals surface area contributed by atoms with E-state index in [4.69, 9.17) is 19.4 Å². The Kier molecular flexibility index (Phi) is 1.67. The molecule has 0 aliphatic heterocycles. The van der Waals surface area contributed by atoms with E-state index in [1.807, 2.05) is 4.98 Å². The second-order valence-electron chi connectivity index (χ2n) is 1.64. The molecule has 0 atom stereocenters. The van der Waals surface area contributed by atoms with Crippen LogP contribution in [0.15, 0.2) is 9.59 Å². The molecule has 0 saturated heterocycles. The Morgan fingerprint density at radius 1 is 1.30 bits per heavy atom. The van der Waals surface area contributed by atoms with Gasteiger partial charge in [-0.2, -0.15) is 0 Å². The molecule has 0 aliphatic rings. The summed E-state index contributed by atoms with van der Waals surface area (Å²) in [7, 11) is 5.11. The highest BCUT2D eigenvalue weighted by atomic mass is 35.5. The fraction of sp³-hybridized carbons (Fsp3) is 0. The Morgan fingerprint density at radius 2 is 1.90 bits per heavy atom. The maximum Gasteiger partial charge on any atom is 0.325 e. The molecule has 6 heteroatoms. The second kappa shape index (κ2) is 2.34. The fourth-order valence-corrected chi connectivity index (χ4v) is 0.583. The van der Waals surface area contributed by atoms with E-state index in [0.29, 0.717) is 0 Å². The lowest BCUT2D eigenvalue weighted by Gasteiger charge is -1.92. The second-order valence-corrected chi connectivity index (χ2v) is 2.01. The van der Waals surface area contributed by atoms with Gasteiger partial charge in [-0.05, 0) is 5.59 Å². The molecule has 0 fully saturated rings. The van der Waals surface area contributed by atoms with Crippen LogP contribution < -0.4 is 16.8 Å². The predicted octanol–water partition coefficient (Wildman–Crippen LogP) is -1.49. The quantitative estimate of drug-likeness (QED) is 0.450. The number of halogens is 1. The summed E-state index contributed by atoms with van der Waals surface area (Å²) in [6, 6.07) is 0. The van der Waals surface area contributed by atoms with E-state index >= 15 is 0 Å². The summed E-state index contributed by atoms with van der Waals surface area (Å²) in [6.45, 7) is 0. The molecule has 0 spiro atoms. The number of nitrogens with one attached hydrogen (secondary N) is 2. The Hall–Kier alpha value is -0.965. The van der Waals surface area contributed by atoms with Gasteiger partial charge in [-0.25, -0.2) is 4.79 Å². The number of rotatable bonds is 0. The third kappa shape index (κ3) is 1.13. The van der Waals surface area contributed by atoms with Crippen LogP contribution in [-0.2, 0) is 0 Å². The molecule has 1 aromatic heterocycles. The van der Waals surface area contributed by atoms with Crippen LogP contribution in [0.4, 0.5) is 0 Å². The SMILES string of the molecule is [B]c1[nH]c(=O)[nH]c(=O)c1Cl. The van der Waals surface area contributed by atoms with Crippen LogP contribution in [0.1, 0.15) is 0 Å². The van der Waals surface area contributed by atoms with Crippen molar-refractivity contribution in [1.29, 1.82) is 0 Å². The molecule has 0 unspecified atom stereocenters. The van der Waals surface area contributed by atoms with Gasteiger partial charge in [0.25, 0.3) is 5.56 Å². The number of aromatic nitrogens is 2. The van der Waals surface area contributed by atoms with Crippen molar-refractivity contribution >= 4 is 25.0 Å². The molecule has 50 valence electrons. The van der Waals surface area contributed by atoms with Crippen LogP contribution in [0.5, 0.6) is 0 Å². The van der Waals surface area contributed by atoms with Crippen LogP contribution >= 0.6 is 11.6 Å². The highest BCUT2D eigenvalue weighted by molar-refractivity contribution is 6.43. The van der Waals surface area contributed by atoms with Gasteiger partial charge in [0.05, 0.1) is 0 Å². The van der Waals surface area contributed by atoms with Crippen molar-refractivity contribution in [2.75, 3.05) is 0 Å². The lowest BCUT2D eigenvalue weighted by molar-refractivity contribution is 1.06. The molecule has 0 aliphatic carbocycles. The third-order valence-electron chi connectivity index (χ3n) is 0.911. The number of hydrogen-bond acceptors (Lipinski definition) is 2. The zero-order valence-corrected chi connectivity index (χ0v) is 5.53. The van der Waals surface area contributed by atoms with Crippen LogP contribution in [0.3, 0.4) is 0 Å². The van der Waals surface area contributed by atoms with E-state index in [9.17, 15) is 9.59 Å².